The van der Waals surface area contributed by atoms with Crippen molar-refractivity contribution in [3.8, 4) is 0 Å². The molecule has 0 aromatic heterocycles. The summed E-state index contributed by atoms with van der Waals surface area (Å²) >= 11 is 0. The lowest BCUT2D eigenvalue weighted by Crippen LogP contribution is -2.23. The predicted molar refractivity (Wildman–Crippen MR) is 60.9 cm³/mol. The van der Waals surface area contributed by atoms with E-state index in [0.29, 0.717) is 0 Å². The Morgan fingerprint density at radius 2 is 1.87 bits per heavy atom. The van der Waals surface area contributed by atoms with Gasteiger partial charge in [-0.2, -0.15) is 0 Å². The van der Waals surface area contributed by atoms with Gasteiger partial charge in [-0.25, -0.2) is 0 Å². The van der Waals surface area contributed by atoms with Crippen LogP contribution in [0.1, 0.15) is 38.7 Å². The van der Waals surface area contributed by atoms with Crippen LogP contribution in [0.5, 0.6) is 0 Å². The van der Waals surface area contributed by atoms with Gasteiger partial charge < -0.3 is 5.11 Å². The molecule has 1 aromatic carbocycles. The van der Waals surface area contributed by atoms with Crippen molar-refractivity contribution in [3.05, 3.63) is 35.9 Å². The van der Waals surface area contributed by atoms with Gasteiger partial charge in [-0.15, -0.1) is 0 Å². The summed E-state index contributed by atoms with van der Waals surface area (Å²) in [6.45, 7) is 6.08. The van der Waals surface area contributed by atoms with Crippen LogP contribution in [-0.4, -0.2) is 11.1 Å². The zero-order valence-electron chi connectivity index (χ0n) is 9.53. The maximum atomic E-state index is 10.8. The fraction of sp³-hybridized carbons (Fsp3) is 0.462. The third-order valence-electron chi connectivity index (χ3n) is 3.08. The highest BCUT2D eigenvalue weighted by Crippen LogP contribution is 2.37. The summed E-state index contributed by atoms with van der Waals surface area (Å²) in [5, 5.41) is 8.84. The van der Waals surface area contributed by atoms with E-state index in [4.69, 9.17) is 5.11 Å². The van der Waals surface area contributed by atoms with Gasteiger partial charge in [-0.05, 0) is 16.9 Å². The molecule has 1 N–H and O–H groups in total. The normalized spacial score (nSPS) is 13.5. The molecule has 0 aliphatic rings. The fourth-order valence-corrected chi connectivity index (χ4v) is 1.74. The first-order chi connectivity index (χ1) is 6.93. The SMILES string of the molecule is CC(c1ccccc1)C(C)(C)CC(=O)O. The summed E-state index contributed by atoms with van der Waals surface area (Å²) in [5.41, 5.74) is 0.983. The van der Waals surface area contributed by atoms with E-state index in [1.165, 1.54) is 5.56 Å². The van der Waals surface area contributed by atoms with Crippen LogP contribution in [0.15, 0.2) is 30.3 Å². The highest BCUT2D eigenvalue weighted by atomic mass is 16.4. The van der Waals surface area contributed by atoms with Crippen LogP contribution >= 0.6 is 0 Å². The Bertz CT molecular complexity index is 328. The predicted octanol–water partition coefficient (Wildman–Crippen LogP) is 3.29. The number of hydrogen-bond donors (Lipinski definition) is 1. The summed E-state index contributed by atoms with van der Waals surface area (Å²) in [7, 11) is 0. The van der Waals surface area contributed by atoms with Gasteiger partial charge in [0.2, 0.25) is 0 Å². The lowest BCUT2D eigenvalue weighted by atomic mass is 9.74. The standard InChI is InChI=1S/C13H18O2/c1-10(11-7-5-4-6-8-11)13(2,3)9-12(14)15/h4-8,10H,9H2,1-3H3,(H,14,15). The molecule has 0 saturated heterocycles. The average Bonchev–Trinajstić information content (AvgIpc) is 2.16. The Morgan fingerprint density at radius 1 is 1.33 bits per heavy atom. The van der Waals surface area contributed by atoms with Crippen molar-refractivity contribution in [2.75, 3.05) is 0 Å². The second kappa shape index (κ2) is 4.47. The number of benzene rings is 1. The second-order valence-corrected chi connectivity index (χ2v) is 4.69. The molecule has 15 heavy (non-hydrogen) atoms. The molecule has 2 heteroatoms. The van der Waals surface area contributed by atoms with E-state index in [1.807, 2.05) is 44.2 Å². The van der Waals surface area contributed by atoms with Crippen LogP contribution < -0.4 is 0 Å². The zero-order chi connectivity index (χ0) is 11.5. The minimum atomic E-state index is -0.734. The molecular weight excluding hydrogens is 188 g/mol. The zero-order valence-corrected chi connectivity index (χ0v) is 9.53. The lowest BCUT2D eigenvalue weighted by Gasteiger charge is -2.30. The number of carboxylic acid groups (broad SMARTS) is 1. The van der Waals surface area contributed by atoms with Gasteiger partial charge in [-0.1, -0.05) is 51.1 Å². The number of aliphatic carboxylic acids is 1. The van der Waals surface area contributed by atoms with Crippen molar-refractivity contribution in [2.24, 2.45) is 5.41 Å². The van der Waals surface area contributed by atoms with Crippen LogP contribution in [0.3, 0.4) is 0 Å². The van der Waals surface area contributed by atoms with Crippen LogP contribution in [0.4, 0.5) is 0 Å². The third-order valence-corrected chi connectivity index (χ3v) is 3.08. The first kappa shape index (κ1) is 11.8. The van der Waals surface area contributed by atoms with Gasteiger partial charge in [0.05, 0.1) is 6.42 Å². The summed E-state index contributed by atoms with van der Waals surface area (Å²) in [5.74, 6) is -0.488. The van der Waals surface area contributed by atoms with Crippen molar-refractivity contribution in [2.45, 2.75) is 33.1 Å². The van der Waals surface area contributed by atoms with Crippen LogP contribution in [-0.2, 0) is 4.79 Å². The maximum Gasteiger partial charge on any atom is 0.303 e. The van der Waals surface area contributed by atoms with E-state index in [-0.39, 0.29) is 17.8 Å². The molecule has 82 valence electrons. The summed E-state index contributed by atoms with van der Waals surface area (Å²) in [6, 6.07) is 10.0. The molecule has 0 heterocycles. The monoisotopic (exact) mass is 206 g/mol. The molecule has 0 bridgehead atoms. The van der Waals surface area contributed by atoms with Crippen LogP contribution in [0.25, 0.3) is 0 Å². The Hall–Kier alpha value is -1.31. The van der Waals surface area contributed by atoms with Crippen molar-refractivity contribution < 1.29 is 9.90 Å². The molecular formula is C13H18O2. The Morgan fingerprint density at radius 3 is 2.33 bits per heavy atom. The second-order valence-electron chi connectivity index (χ2n) is 4.69. The highest BCUT2D eigenvalue weighted by molar-refractivity contribution is 5.67. The third kappa shape index (κ3) is 3.08. The number of hydrogen-bond acceptors (Lipinski definition) is 1. The maximum absolute atomic E-state index is 10.8. The molecule has 1 atom stereocenters. The number of carbonyl (C=O) groups is 1. The first-order valence-corrected chi connectivity index (χ1v) is 5.20. The van der Waals surface area contributed by atoms with Gasteiger partial charge in [0.25, 0.3) is 0 Å². The van der Waals surface area contributed by atoms with Crippen molar-refractivity contribution in [3.63, 3.8) is 0 Å². The number of rotatable bonds is 4. The van der Waals surface area contributed by atoms with E-state index >= 15 is 0 Å². The van der Waals surface area contributed by atoms with Gasteiger partial charge in [0, 0.05) is 0 Å². The van der Waals surface area contributed by atoms with Crippen molar-refractivity contribution >= 4 is 5.97 Å². The van der Waals surface area contributed by atoms with Gasteiger partial charge in [-0.3, -0.25) is 4.79 Å². The van der Waals surface area contributed by atoms with Crippen LogP contribution in [0, 0.1) is 5.41 Å². The average molecular weight is 206 g/mol. The largest absolute Gasteiger partial charge is 0.481 e. The molecule has 1 rings (SSSR count). The molecule has 0 radical (unpaired) electrons. The Labute approximate surface area is 90.9 Å². The molecule has 2 nitrogen and oxygen atoms in total. The Kier molecular flexibility index (Phi) is 3.51. The minimum absolute atomic E-state index is 0.197. The quantitative estimate of drug-likeness (QED) is 0.820. The first-order valence-electron chi connectivity index (χ1n) is 5.20. The lowest BCUT2D eigenvalue weighted by molar-refractivity contribution is -0.139. The summed E-state index contributed by atoms with van der Waals surface area (Å²) < 4.78 is 0. The molecule has 0 aliphatic heterocycles. The van der Waals surface area contributed by atoms with Gasteiger partial charge in [0.15, 0.2) is 0 Å². The smallest absolute Gasteiger partial charge is 0.303 e. The molecule has 1 aromatic rings. The molecule has 0 aliphatic carbocycles. The van der Waals surface area contributed by atoms with E-state index in [0.717, 1.165) is 0 Å². The van der Waals surface area contributed by atoms with E-state index in [9.17, 15) is 4.79 Å². The van der Waals surface area contributed by atoms with Gasteiger partial charge in [0.1, 0.15) is 0 Å². The van der Waals surface area contributed by atoms with Crippen molar-refractivity contribution in [1.29, 1.82) is 0 Å². The van der Waals surface area contributed by atoms with E-state index < -0.39 is 5.97 Å². The summed E-state index contributed by atoms with van der Waals surface area (Å²) in [6.07, 6.45) is 0.197. The van der Waals surface area contributed by atoms with Crippen molar-refractivity contribution in [1.82, 2.24) is 0 Å². The van der Waals surface area contributed by atoms with Gasteiger partial charge >= 0.3 is 5.97 Å². The molecule has 0 amide bonds. The highest BCUT2D eigenvalue weighted by Gasteiger charge is 2.29. The molecule has 0 spiro atoms. The Balaban J connectivity index is 2.84. The van der Waals surface area contributed by atoms with E-state index in [1.54, 1.807) is 0 Å². The minimum Gasteiger partial charge on any atom is -0.481 e. The van der Waals surface area contributed by atoms with Crippen LogP contribution in [0.2, 0.25) is 0 Å². The molecule has 0 saturated carbocycles. The fourth-order valence-electron chi connectivity index (χ4n) is 1.74. The topological polar surface area (TPSA) is 37.3 Å². The molecule has 0 fully saturated rings. The number of carboxylic acids is 1. The molecule has 1 unspecified atom stereocenters. The van der Waals surface area contributed by atoms with E-state index in [2.05, 4.69) is 6.92 Å². The summed E-state index contributed by atoms with van der Waals surface area (Å²) in [4.78, 5) is 10.8.